The standard InChI is InChI=1S/C22H26BrCl2N3O4S/c1-4-11-26-22(30)15(2)27(13-16-5-10-19(24)20(25)12-16)21(29)14-28(33(3,31)32)18-8-6-17(23)7-9-18/h5-10,12,15H,4,11,13-14H2,1-3H3,(H,26,30). The molecule has 0 saturated carbocycles. The molecule has 2 aromatic rings. The third-order valence-corrected chi connectivity index (χ3v) is 7.26. The van der Waals surface area contributed by atoms with Crippen molar-refractivity contribution in [1.29, 1.82) is 0 Å². The molecule has 7 nitrogen and oxygen atoms in total. The molecule has 0 aliphatic rings. The van der Waals surface area contributed by atoms with Crippen LogP contribution in [-0.4, -0.2) is 50.5 Å². The average Bonchev–Trinajstić information content (AvgIpc) is 2.75. The van der Waals surface area contributed by atoms with Crippen LogP contribution in [0.5, 0.6) is 0 Å². The molecule has 1 atom stereocenters. The van der Waals surface area contributed by atoms with Gasteiger partial charge in [0.05, 0.1) is 22.0 Å². The zero-order valence-electron chi connectivity index (χ0n) is 18.5. The fourth-order valence-electron chi connectivity index (χ4n) is 3.03. The predicted octanol–water partition coefficient (Wildman–Crippen LogP) is 4.47. The second-order valence-electron chi connectivity index (χ2n) is 7.48. The van der Waals surface area contributed by atoms with Gasteiger partial charge in [-0.25, -0.2) is 8.42 Å². The highest BCUT2D eigenvalue weighted by atomic mass is 79.9. The summed E-state index contributed by atoms with van der Waals surface area (Å²) in [6.45, 7) is 3.57. The number of benzene rings is 2. The van der Waals surface area contributed by atoms with Crippen molar-refractivity contribution in [2.45, 2.75) is 32.9 Å². The molecule has 0 spiro atoms. The second kappa shape index (κ2) is 12.1. The Balaban J connectivity index is 2.38. The van der Waals surface area contributed by atoms with Gasteiger partial charge in [0.1, 0.15) is 12.6 Å². The molecule has 2 amide bonds. The van der Waals surface area contributed by atoms with Crippen LogP contribution in [-0.2, 0) is 26.2 Å². The molecule has 2 rings (SSSR count). The van der Waals surface area contributed by atoms with Gasteiger partial charge in [0.2, 0.25) is 21.8 Å². The van der Waals surface area contributed by atoms with E-state index in [0.717, 1.165) is 21.5 Å². The minimum atomic E-state index is -3.77. The maximum atomic E-state index is 13.4. The summed E-state index contributed by atoms with van der Waals surface area (Å²) < 4.78 is 26.8. The van der Waals surface area contributed by atoms with Gasteiger partial charge in [0.25, 0.3) is 0 Å². The molecule has 1 unspecified atom stereocenters. The predicted molar refractivity (Wildman–Crippen MR) is 136 cm³/mol. The molecule has 0 bridgehead atoms. The number of carbonyl (C=O) groups is 2. The van der Waals surface area contributed by atoms with Gasteiger partial charge in [0.15, 0.2) is 0 Å². The number of hydrogen-bond acceptors (Lipinski definition) is 4. The Hall–Kier alpha value is -1.81. The Bertz CT molecular complexity index is 1100. The summed E-state index contributed by atoms with van der Waals surface area (Å²) in [5.41, 5.74) is 0.995. The smallest absolute Gasteiger partial charge is 0.244 e. The third-order valence-electron chi connectivity index (χ3n) is 4.85. The van der Waals surface area contributed by atoms with Gasteiger partial charge in [0, 0.05) is 17.6 Å². The summed E-state index contributed by atoms with van der Waals surface area (Å²) in [4.78, 5) is 27.4. The maximum absolute atomic E-state index is 13.4. The Morgan fingerprint density at radius 3 is 2.27 bits per heavy atom. The van der Waals surface area contributed by atoms with Crippen LogP contribution in [0.1, 0.15) is 25.8 Å². The summed E-state index contributed by atoms with van der Waals surface area (Å²) in [6, 6.07) is 10.6. The monoisotopic (exact) mass is 577 g/mol. The molecular weight excluding hydrogens is 553 g/mol. The van der Waals surface area contributed by atoms with E-state index in [1.54, 1.807) is 49.4 Å². The van der Waals surface area contributed by atoms with E-state index in [9.17, 15) is 18.0 Å². The minimum absolute atomic E-state index is 0.0500. The van der Waals surface area contributed by atoms with Crippen LogP contribution >= 0.6 is 39.1 Å². The van der Waals surface area contributed by atoms with E-state index in [2.05, 4.69) is 21.2 Å². The topological polar surface area (TPSA) is 86.8 Å². The lowest BCUT2D eigenvalue weighted by Gasteiger charge is -2.31. The zero-order valence-corrected chi connectivity index (χ0v) is 22.4. The number of carbonyl (C=O) groups excluding carboxylic acids is 2. The quantitative estimate of drug-likeness (QED) is 0.451. The van der Waals surface area contributed by atoms with Gasteiger partial charge in [-0.1, -0.05) is 52.1 Å². The van der Waals surface area contributed by atoms with E-state index >= 15 is 0 Å². The summed E-state index contributed by atoms with van der Waals surface area (Å²) in [6.07, 6.45) is 1.77. The first-order valence-corrected chi connectivity index (χ1v) is 13.6. The molecule has 1 N–H and O–H groups in total. The van der Waals surface area contributed by atoms with E-state index in [0.29, 0.717) is 27.8 Å². The van der Waals surface area contributed by atoms with E-state index in [1.807, 2.05) is 6.92 Å². The lowest BCUT2D eigenvalue weighted by molar-refractivity contribution is -0.139. The number of rotatable bonds is 10. The largest absolute Gasteiger partial charge is 0.354 e. The maximum Gasteiger partial charge on any atom is 0.244 e. The van der Waals surface area contributed by atoms with E-state index in [1.165, 1.54) is 4.90 Å². The first-order chi connectivity index (χ1) is 15.4. The summed E-state index contributed by atoms with van der Waals surface area (Å²) in [5, 5.41) is 3.46. The molecule has 0 fully saturated rings. The molecular formula is C22H26BrCl2N3O4S. The van der Waals surface area contributed by atoms with Crippen molar-refractivity contribution in [1.82, 2.24) is 10.2 Å². The molecule has 0 aliphatic carbocycles. The SMILES string of the molecule is CCCNC(=O)C(C)N(Cc1ccc(Cl)c(Cl)c1)C(=O)CN(c1ccc(Br)cc1)S(C)(=O)=O. The summed E-state index contributed by atoms with van der Waals surface area (Å²) >= 11 is 15.4. The van der Waals surface area contributed by atoms with Crippen molar-refractivity contribution in [2.75, 3.05) is 23.7 Å². The number of sulfonamides is 1. The van der Waals surface area contributed by atoms with Crippen LogP contribution < -0.4 is 9.62 Å². The fraction of sp³-hybridized carbons (Fsp3) is 0.364. The Morgan fingerprint density at radius 1 is 1.09 bits per heavy atom. The normalized spacial score (nSPS) is 12.2. The van der Waals surface area contributed by atoms with Crippen molar-refractivity contribution in [2.24, 2.45) is 0 Å². The van der Waals surface area contributed by atoms with Gasteiger partial charge in [-0.05, 0) is 55.3 Å². The molecule has 2 aromatic carbocycles. The van der Waals surface area contributed by atoms with Gasteiger partial charge < -0.3 is 10.2 Å². The number of nitrogens with zero attached hydrogens (tertiary/aromatic N) is 2. The fourth-order valence-corrected chi connectivity index (χ4v) is 4.47. The van der Waals surface area contributed by atoms with Gasteiger partial charge in [-0.3, -0.25) is 13.9 Å². The number of hydrogen-bond donors (Lipinski definition) is 1. The molecule has 0 saturated heterocycles. The highest BCUT2D eigenvalue weighted by molar-refractivity contribution is 9.10. The van der Waals surface area contributed by atoms with Crippen LogP contribution in [0.4, 0.5) is 5.69 Å². The molecule has 11 heteroatoms. The average molecular weight is 579 g/mol. The summed E-state index contributed by atoms with van der Waals surface area (Å²) in [7, 11) is -3.77. The van der Waals surface area contributed by atoms with Crippen LogP contribution in [0.25, 0.3) is 0 Å². The number of halogens is 3. The first-order valence-electron chi connectivity index (χ1n) is 10.2. The molecule has 180 valence electrons. The number of nitrogens with one attached hydrogen (secondary N) is 1. The van der Waals surface area contributed by atoms with Gasteiger partial charge in [-0.2, -0.15) is 0 Å². The molecule has 33 heavy (non-hydrogen) atoms. The highest BCUT2D eigenvalue weighted by Gasteiger charge is 2.30. The Labute approximate surface area is 213 Å². The van der Waals surface area contributed by atoms with Gasteiger partial charge >= 0.3 is 0 Å². The van der Waals surface area contributed by atoms with Crippen molar-refractivity contribution in [3.8, 4) is 0 Å². The Kier molecular flexibility index (Phi) is 10.0. The molecule has 0 aromatic heterocycles. The first kappa shape index (κ1) is 27.4. The van der Waals surface area contributed by atoms with E-state index in [-0.39, 0.29) is 12.5 Å². The zero-order chi connectivity index (χ0) is 24.8. The van der Waals surface area contributed by atoms with Gasteiger partial charge in [-0.15, -0.1) is 0 Å². The van der Waals surface area contributed by atoms with Crippen LogP contribution in [0, 0.1) is 0 Å². The lowest BCUT2D eigenvalue weighted by atomic mass is 10.1. The van der Waals surface area contributed by atoms with Crippen molar-refractivity contribution >= 4 is 66.7 Å². The highest BCUT2D eigenvalue weighted by Crippen LogP contribution is 2.25. The van der Waals surface area contributed by atoms with Crippen LogP contribution in [0.2, 0.25) is 10.0 Å². The number of anilines is 1. The van der Waals surface area contributed by atoms with Crippen molar-refractivity contribution < 1.29 is 18.0 Å². The second-order valence-corrected chi connectivity index (χ2v) is 11.1. The van der Waals surface area contributed by atoms with Crippen molar-refractivity contribution in [3.63, 3.8) is 0 Å². The Morgan fingerprint density at radius 2 is 1.73 bits per heavy atom. The van der Waals surface area contributed by atoms with E-state index in [4.69, 9.17) is 23.2 Å². The summed E-state index contributed by atoms with van der Waals surface area (Å²) in [5.74, 6) is -0.867. The molecule has 0 aliphatic heterocycles. The lowest BCUT2D eigenvalue weighted by Crippen LogP contribution is -2.51. The number of amides is 2. The van der Waals surface area contributed by atoms with Crippen molar-refractivity contribution in [3.05, 3.63) is 62.5 Å². The molecule has 0 radical (unpaired) electrons. The van der Waals surface area contributed by atoms with Crippen LogP contribution in [0.3, 0.4) is 0 Å². The minimum Gasteiger partial charge on any atom is -0.354 e. The van der Waals surface area contributed by atoms with Crippen LogP contribution in [0.15, 0.2) is 46.9 Å². The third kappa shape index (κ3) is 7.88. The molecule has 0 heterocycles. The van der Waals surface area contributed by atoms with E-state index < -0.39 is 28.5 Å².